The van der Waals surface area contributed by atoms with Gasteiger partial charge in [0.2, 0.25) is 5.91 Å². The molecule has 3 rings (SSSR count). The second-order valence-corrected chi connectivity index (χ2v) is 6.79. The number of likely N-dealkylation sites (tertiary alicyclic amines) is 1. The Bertz CT molecular complexity index is 780. The minimum absolute atomic E-state index is 0.0382. The molecule has 1 aliphatic rings. The average Bonchev–Trinajstić information content (AvgIpc) is 3.21. The van der Waals surface area contributed by atoms with Crippen LogP contribution in [0.15, 0.2) is 59.2 Å². The molecule has 1 atom stereocenters. The molecule has 0 saturated carbocycles. The molecule has 1 fully saturated rings. The molecule has 0 bridgehead atoms. The molecule has 1 aliphatic heterocycles. The zero-order valence-electron chi connectivity index (χ0n) is 15.4. The Hall–Kier alpha value is -2.54. The van der Waals surface area contributed by atoms with Crippen LogP contribution in [0, 0.1) is 0 Å². The van der Waals surface area contributed by atoms with Gasteiger partial charge in [0.1, 0.15) is 5.76 Å². The first-order valence-corrected chi connectivity index (χ1v) is 9.35. The highest BCUT2D eigenvalue weighted by atomic mass is 19.4. The van der Waals surface area contributed by atoms with Crippen molar-refractivity contribution < 1.29 is 22.4 Å². The van der Waals surface area contributed by atoms with Crippen LogP contribution in [-0.2, 0) is 4.79 Å². The van der Waals surface area contributed by atoms with E-state index in [4.69, 9.17) is 4.42 Å². The summed E-state index contributed by atoms with van der Waals surface area (Å²) >= 11 is 0. The minimum atomic E-state index is -4.62. The minimum Gasteiger partial charge on any atom is -0.468 e. The van der Waals surface area contributed by atoms with Crippen molar-refractivity contribution in [1.82, 2.24) is 10.2 Å². The van der Waals surface area contributed by atoms with Gasteiger partial charge in [-0.15, -0.1) is 0 Å². The van der Waals surface area contributed by atoms with Crippen molar-refractivity contribution in [2.75, 3.05) is 19.6 Å². The van der Waals surface area contributed by atoms with Crippen molar-refractivity contribution in [3.05, 3.63) is 66.1 Å². The molecule has 0 radical (unpaired) electrons. The lowest BCUT2D eigenvalue weighted by atomic mass is 10.0. The van der Waals surface area contributed by atoms with Gasteiger partial charge in [-0.3, -0.25) is 9.69 Å². The Kier molecular flexibility index (Phi) is 6.57. The van der Waals surface area contributed by atoms with Gasteiger partial charge in [0.25, 0.3) is 0 Å². The van der Waals surface area contributed by atoms with Gasteiger partial charge in [-0.2, -0.15) is 13.2 Å². The molecule has 1 aromatic carbocycles. The molecular weight excluding hydrogens is 369 g/mol. The van der Waals surface area contributed by atoms with E-state index >= 15 is 0 Å². The lowest BCUT2D eigenvalue weighted by molar-refractivity contribution is -0.117. The topological polar surface area (TPSA) is 45.5 Å². The number of piperidine rings is 1. The summed E-state index contributed by atoms with van der Waals surface area (Å²) in [5, 5.41) is 2.62. The molecule has 150 valence electrons. The maximum absolute atomic E-state index is 13.4. The van der Waals surface area contributed by atoms with E-state index in [0.717, 1.165) is 32.4 Å². The van der Waals surface area contributed by atoms with Crippen LogP contribution in [0.5, 0.6) is 0 Å². The monoisotopic (exact) mass is 392 g/mol. The van der Waals surface area contributed by atoms with Crippen LogP contribution in [0.3, 0.4) is 0 Å². The molecule has 1 N–H and O–H groups in total. The Morgan fingerprint density at radius 3 is 2.43 bits per heavy atom. The lowest BCUT2D eigenvalue weighted by Crippen LogP contribution is -2.40. The van der Waals surface area contributed by atoms with Crippen molar-refractivity contribution in [2.45, 2.75) is 31.5 Å². The number of allylic oxidation sites excluding steroid dienone is 1. The Labute approximate surface area is 162 Å². The van der Waals surface area contributed by atoms with Crippen molar-refractivity contribution in [1.29, 1.82) is 0 Å². The van der Waals surface area contributed by atoms with Crippen molar-refractivity contribution in [2.24, 2.45) is 0 Å². The molecule has 2 aromatic rings. The first-order valence-electron chi connectivity index (χ1n) is 9.35. The van der Waals surface area contributed by atoms with Crippen molar-refractivity contribution in [3.63, 3.8) is 0 Å². The first kappa shape index (κ1) is 20.2. The van der Waals surface area contributed by atoms with E-state index in [1.165, 1.54) is 24.3 Å². The highest BCUT2D eigenvalue weighted by Gasteiger charge is 2.35. The molecule has 1 amide bonds. The predicted octanol–water partition coefficient (Wildman–Crippen LogP) is 4.57. The standard InChI is InChI=1S/C21H23F3N2O2/c22-21(23,24)17(16-8-3-1-4-9-16)14-20(27)25-15-18(19-10-7-13-28-19)26-11-5-2-6-12-26/h1,3-4,7-10,13-14,18H,2,5-6,11-12,15H2,(H,25,27)/b17-14+. The third-order valence-corrected chi connectivity index (χ3v) is 4.84. The number of nitrogens with one attached hydrogen (secondary N) is 1. The Balaban J connectivity index is 1.73. The molecule has 0 aliphatic carbocycles. The molecular formula is C21H23F3N2O2. The van der Waals surface area contributed by atoms with Crippen molar-refractivity contribution >= 4 is 11.5 Å². The van der Waals surface area contributed by atoms with Gasteiger partial charge >= 0.3 is 6.18 Å². The lowest BCUT2D eigenvalue weighted by Gasteiger charge is -2.33. The van der Waals surface area contributed by atoms with Gasteiger partial charge in [0, 0.05) is 12.6 Å². The van der Waals surface area contributed by atoms with Crippen molar-refractivity contribution in [3.8, 4) is 0 Å². The van der Waals surface area contributed by atoms with Gasteiger partial charge in [0.05, 0.1) is 17.9 Å². The summed E-state index contributed by atoms with van der Waals surface area (Å²) in [6.45, 7) is 1.92. The third-order valence-electron chi connectivity index (χ3n) is 4.84. The molecule has 1 saturated heterocycles. The van der Waals surface area contributed by atoms with E-state index in [1.54, 1.807) is 18.4 Å². The fraction of sp³-hybridized carbons (Fsp3) is 0.381. The highest BCUT2D eigenvalue weighted by molar-refractivity contribution is 5.96. The zero-order valence-corrected chi connectivity index (χ0v) is 15.4. The van der Waals surface area contributed by atoms with E-state index in [1.807, 2.05) is 6.07 Å². The fourth-order valence-corrected chi connectivity index (χ4v) is 3.45. The quantitative estimate of drug-likeness (QED) is 0.733. The normalized spacial score (nSPS) is 17.3. The van der Waals surface area contributed by atoms with E-state index < -0.39 is 17.7 Å². The van der Waals surface area contributed by atoms with Gasteiger partial charge in [-0.1, -0.05) is 36.8 Å². The zero-order chi connectivity index (χ0) is 20.0. The number of hydrogen-bond acceptors (Lipinski definition) is 3. The van der Waals surface area contributed by atoms with Crippen LogP contribution >= 0.6 is 0 Å². The van der Waals surface area contributed by atoms with Crippen LogP contribution in [0.25, 0.3) is 5.57 Å². The SMILES string of the molecule is O=C(/C=C(\c1ccccc1)C(F)(F)F)NCC(c1ccco1)N1CCCCC1. The number of alkyl halides is 3. The second kappa shape index (κ2) is 9.10. The smallest absolute Gasteiger partial charge is 0.417 e. The molecule has 7 heteroatoms. The van der Waals surface area contributed by atoms with E-state index in [-0.39, 0.29) is 18.2 Å². The number of carbonyl (C=O) groups excluding carboxylic acids is 1. The summed E-state index contributed by atoms with van der Waals surface area (Å²) in [6.07, 6.45) is 0.832. The molecule has 28 heavy (non-hydrogen) atoms. The Morgan fingerprint density at radius 1 is 1.11 bits per heavy atom. The summed E-state index contributed by atoms with van der Waals surface area (Å²) in [4.78, 5) is 14.5. The molecule has 1 unspecified atom stereocenters. The average molecular weight is 392 g/mol. The molecule has 1 aromatic heterocycles. The van der Waals surface area contributed by atoms with Gasteiger partial charge < -0.3 is 9.73 Å². The number of benzene rings is 1. The van der Waals surface area contributed by atoms with E-state index in [2.05, 4.69) is 10.2 Å². The second-order valence-electron chi connectivity index (χ2n) is 6.79. The fourth-order valence-electron chi connectivity index (χ4n) is 3.45. The number of halogens is 3. The molecule has 4 nitrogen and oxygen atoms in total. The number of amides is 1. The maximum Gasteiger partial charge on any atom is 0.417 e. The molecule has 0 spiro atoms. The van der Waals surface area contributed by atoms with Gasteiger partial charge in [-0.05, 0) is 43.6 Å². The summed E-state index contributed by atoms with van der Waals surface area (Å²) in [5.74, 6) is -0.0740. The number of nitrogens with zero attached hydrogens (tertiary/aromatic N) is 1. The first-order chi connectivity index (χ1) is 13.4. The molecule has 2 heterocycles. The number of furan rings is 1. The maximum atomic E-state index is 13.4. The summed E-state index contributed by atoms with van der Waals surface area (Å²) in [7, 11) is 0. The van der Waals surface area contributed by atoms with Crippen LogP contribution in [0.4, 0.5) is 13.2 Å². The summed E-state index contributed by atoms with van der Waals surface area (Å²) in [5.41, 5.74) is -0.998. The summed E-state index contributed by atoms with van der Waals surface area (Å²) in [6, 6.07) is 10.7. The predicted molar refractivity (Wildman–Crippen MR) is 100 cm³/mol. The van der Waals surface area contributed by atoms with Crippen LogP contribution < -0.4 is 5.32 Å². The number of carbonyl (C=O) groups is 1. The summed E-state index contributed by atoms with van der Waals surface area (Å²) < 4.78 is 45.7. The number of hydrogen-bond donors (Lipinski definition) is 1. The number of rotatable bonds is 6. The van der Waals surface area contributed by atoms with Gasteiger partial charge in [0.15, 0.2) is 0 Å². The largest absolute Gasteiger partial charge is 0.468 e. The van der Waals surface area contributed by atoms with Crippen LogP contribution in [0.2, 0.25) is 0 Å². The van der Waals surface area contributed by atoms with E-state index in [9.17, 15) is 18.0 Å². The third kappa shape index (κ3) is 5.25. The van der Waals surface area contributed by atoms with E-state index in [0.29, 0.717) is 11.8 Å². The van der Waals surface area contributed by atoms with Gasteiger partial charge in [-0.25, -0.2) is 0 Å². The highest BCUT2D eigenvalue weighted by Crippen LogP contribution is 2.33. The Morgan fingerprint density at radius 2 is 1.82 bits per heavy atom. The van der Waals surface area contributed by atoms with Crippen LogP contribution in [-0.4, -0.2) is 36.6 Å². The van der Waals surface area contributed by atoms with Crippen LogP contribution in [0.1, 0.15) is 36.6 Å².